The van der Waals surface area contributed by atoms with Crippen molar-refractivity contribution in [1.82, 2.24) is 9.55 Å². The smallest absolute Gasteiger partial charge is 0.0698 e. The van der Waals surface area contributed by atoms with Crippen LogP contribution in [-0.2, 0) is 5.41 Å². The fraction of sp³-hybridized carbons (Fsp3) is 0.122. The van der Waals surface area contributed by atoms with Gasteiger partial charge in [0.05, 0.1) is 16.7 Å². The first-order chi connectivity index (χ1) is 24.9. The van der Waals surface area contributed by atoms with Crippen LogP contribution in [-0.4, -0.2) is 9.55 Å². The van der Waals surface area contributed by atoms with E-state index in [9.17, 15) is 0 Å². The van der Waals surface area contributed by atoms with Crippen molar-refractivity contribution in [3.63, 3.8) is 0 Å². The van der Waals surface area contributed by atoms with Crippen molar-refractivity contribution in [2.24, 2.45) is 0 Å². The van der Waals surface area contributed by atoms with Crippen LogP contribution in [0.15, 0.2) is 158 Å². The maximum Gasteiger partial charge on any atom is 0.0698 e. The van der Waals surface area contributed by atoms with Crippen molar-refractivity contribution in [3.05, 3.63) is 175 Å². The number of hydrogen-bond acceptors (Lipinski definition) is 1. The molecule has 0 bridgehead atoms. The van der Waals surface area contributed by atoms with E-state index in [2.05, 4.69) is 176 Å². The van der Waals surface area contributed by atoms with Crippen LogP contribution in [0.25, 0.3) is 76.5 Å². The molecule has 2 heterocycles. The van der Waals surface area contributed by atoms with Crippen LogP contribution in [0, 0.1) is 0 Å². The third kappa shape index (κ3) is 4.74. The summed E-state index contributed by atoms with van der Waals surface area (Å²) in [6, 6.07) is 49.6. The van der Waals surface area contributed by atoms with Gasteiger partial charge in [0.15, 0.2) is 0 Å². The number of para-hydroxylation sites is 2. The zero-order valence-electron chi connectivity index (χ0n) is 29.2. The van der Waals surface area contributed by atoms with Gasteiger partial charge >= 0.3 is 0 Å². The Balaban J connectivity index is 1.21. The Hall–Kier alpha value is -5.99. The van der Waals surface area contributed by atoms with Gasteiger partial charge in [0.1, 0.15) is 0 Å². The average Bonchev–Trinajstić information content (AvgIpc) is 3.51. The van der Waals surface area contributed by atoms with Gasteiger partial charge in [-0.2, -0.15) is 0 Å². The lowest BCUT2D eigenvalue weighted by atomic mass is 9.79. The first-order valence-corrected chi connectivity index (χ1v) is 18.1. The second-order valence-electron chi connectivity index (χ2n) is 15.2. The highest BCUT2D eigenvalue weighted by Crippen LogP contribution is 2.46. The van der Waals surface area contributed by atoms with Crippen LogP contribution >= 0.6 is 0 Å². The number of nitrogens with zero attached hydrogens (tertiary/aromatic N) is 2. The molecule has 7 aromatic carbocycles. The minimum absolute atomic E-state index is 0.0680. The number of aromatic nitrogens is 2. The van der Waals surface area contributed by atoms with Crippen LogP contribution in [0.1, 0.15) is 49.9 Å². The Morgan fingerprint density at radius 1 is 0.627 bits per heavy atom. The van der Waals surface area contributed by atoms with E-state index >= 15 is 0 Å². The van der Waals surface area contributed by atoms with Gasteiger partial charge in [-0.15, -0.1) is 0 Å². The quantitative estimate of drug-likeness (QED) is 0.173. The minimum atomic E-state index is 0.0680. The molecule has 1 atom stereocenters. The number of rotatable bonds is 4. The largest absolute Gasteiger partial charge is 0.309 e. The van der Waals surface area contributed by atoms with Gasteiger partial charge in [-0.25, -0.2) is 0 Å². The molecule has 51 heavy (non-hydrogen) atoms. The molecule has 1 unspecified atom stereocenters. The highest BCUT2D eigenvalue weighted by Gasteiger charge is 2.23. The molecule has 244 valence electrons. The lowest BCUT2D eigenvalue weighted by Gasteiger charge is -2.25. The zero-order chi connectivity index (χ0) is 34.3. The lowest BCUT2D eigenvalue weighted by Crippen LogP contribution is -2.11. The monoisotopic (exact) mass is 654 g/mol. The molecule has 0 saturated heterocycles. The van der Waals surface area contributed by atoms with Crippen molar-refractivity contribution in [2.45, 2.75) is 38.5 Å². The summed E-state index contributed by atoms with van der Waals surface area (Å²) in [4.78, 5) is 4.63. The van der Waals surface area contributed by atoms with E-state index in [1.54, 1.807) is 0 Å². The van der Waals surface area contributed by atoms with Gasteiger partial charge in [0.25, 0.3) is 0 Å². The van der Waals surface area contributed by atoms with Crippen LogP contribution < -0.4 is 0 Å². The number of fused-ring (bicyclic) bond motifs is 3. The number of pyridine rings is 1. The summed E-state index contributed by atoms with van der Waals surface area (Å²) in [6.07, 6.45) is 9.84. The molecule has 10 rings (SSSR count). The van der Waals surface area contributed by atoms with E-state index in [0.29, 0.717) is 0 Å². The summed E-state index contributed by atoms with van der Waals surface area (Å²) in [5, 5.41) is 10.6. The fourth-order valence-corrected chi connectivity index (χ4v) is 8.51. The maximum absolute atomic E-state index is 4.63. The molecule has 1 aliphatic carbocycles. The van der Waals surface area contributed by atoms with Gasteiger partial charge in [-0.1, -0.05) is 130 Å². The molecule has 0 radical (unpaired) electrons. The van der Waals surface area contributed by atoms with E-state index in [1.807, 2.05) is 12.3 Å². The van der Waals surface area contributed by atoms with E-state index in [4.69, 9.17) is 0 Å². The molecule has 2 nitrogen and oxygen atoms in total. The second-order valence-corrected chi connectivity index (χ2v) is 15.2. The SMILES string of the molecule is CC(C)(C)c1cc2ccc3c(-c4cccc(-n5c6ccccc6c6ccccc65)c4)cc(C4C=CC(c5ccccn5)=CC4)c4ccc(c1)c2c34. The summed E-state index contributed by atoms with van der Waals surface area (Å²) in [6.45, 7) is 6.92. The van der Waals surface area contributed by atoms with Crippen molar-refractivity contribution in [3.8, 4) is 16.8 Å². The zero-order valence-corrected chi connectivity index (χ0v) is 29.2. The summed E-state index contributed by atoms with van der Waals surface area (Å²) in [5.41, 5.74) is 11.2. The summed E-state index contributed by atoms with van der Waals surface area (Å²) >= 11 is 0. The highest BCUT2D eigenvalue weighted by atomic mass is 15.0. The Labute approximate surface area is 298 Å². The molecular formula is C49H38N2. The first kappa shape index (κ1) is 29.9. The molecule has 0 fully saturated rings. The summed E-state index contributed by atoms with van der Waals surface area (Å²) in [5.74, 6) is 0.256. The Morgan fingerprint density at radius 2 is 1.33 bits per heavy atom. The predicted octanol–water partition coefficient (Wildman–Crippen LogP) is 13.2. The average molecular weight is 655 g/mol. The normalized spacial score (nSPS) is 15.1. The number of allylic oxidation sites excluding steroid dienone is 4. The molecule has 0 spiro atoms. The Morgan fingerprint density at radius 3 is 2.00 bits per heavy atom. The van der Waals surface area contributed by atoms with Gasteiger partial charge in [-0.3, -0.25) is 4.98 Å². The van der Waals surface area contributed by atoms with Gasteiger partial charge in [0.2, 0.25) is 0 Å². The van der Waals surface area contributed by atoms with E-state index in [-0.39, 0.29) is 11.3 Å². The Kier molecular flexibility index (Phi) is 6.60. The molecule has 0 amide bonds. The van der Waals surface area contributed by atoms with E-state index < -0.39 is 0 Å². The van der Waals surface area contributed by atoms with Gasteiger partial charge in [0, 0.05) is 28.6 Å². The van der Waals surface area contributed by atoms with Gasteiger partial charge < -0.3 is 4.57 Å². The molecule has 0 N–H and O–H groups in total. The van der Waals surface area contributed by atoms with Crippen LogP contribution in [0.5, 0.6) is 0 Å². The number of benzene rings is 7. The third-order valence-corrected chi connectivity index (χ3v) is 11.1. The van der Waals surface area contributed by atoms with Crippen molar-refractivity contribution in [2.75, 3.05) is 0 Å². The highest BCUT2D eigenvalue weighted by molar-refractivity contribution is 6.26. The van der Waals surface area contributed by atoms with Crippen molar-refractivity contribution < 1.29 is 0 Å². The van der Waals surface area contributed by atoms with Crippen LogP contribution in [0.3, 0.4) is 0 Å². The standard InChI is InChI=1S/C49H38N2/c1-49(2,3)36-27-34-22-24-40-42(31-18-20-32(21-19-31)44-15-8-9-26-50-44)30-43(41-25-23-35(28-36)47(34)48(40)41)33-11-10-12-37(29-33)51-45-16-6-4-13-38(45)39-14-5-7-17-46(39)51/h4-18,20-31H,19H2,1-3H3. The molecule has 9 aromatic rings. The molecule has 2 heteroatoms. The predicted molar refractivity (Wildman–Crippen MR) is 217 cm³/mol. The fourth-order valence-electron chi connectivity index (χ4n) is 8.51. The Bertz CT molecular complexity index is 2790. The van der Waals surface area contributed by atoms with Crippen molar-refractivity contribution >= 4 is 59.7 Å². The molecule has 1 aliphatic rings. The summed E-state index contributed by atoms with van der Waals surface area (Å²) in [7, 11) is 0. The molecule has 2 aromatic heterocycles. The van der Waals surface area contributed by atoms with E-state index in [0.717, 1.165) is 12.1 Å². The van der Waals surface area contributed by atoms with Crippen molar-refractivity contribution in [1.29, 1.82) is 0 Å². The second kappa shape index (κ2) is 11.3. The maximum atomic E-state index is 4.63. The number of hydrogen-bond donors (Lipinski definition) is 0. The molecular weight excluding hydrogens is 617 g/mol. The van der Waals surface area contributed by atoms with E-state index in [1.165, 1.54) is 87.6 Å². The molecule has 0 saturated carbocycles. The molecule has 0 aliphatic heterocycles. The topological polar surface area (TPSA) is 17.8 Å². The summed E-state index contributed by atoms with van der Waals surface area (Å²) < 4.78 is 2.42. The third-order valence-electron chi connectivity index (χ3n) is 11.1. The minimum Gasteiger partial charge on any atom is -0.309 e. The van der Waals surface area contributed by atoms with Crippen LogP contribution in [0.4, 0.5) is 0 Å². The van der Waals surface area contributed by atoms with Crippen LogP contribution in [0.2, 0.25) is 0 Å². The van der Waals surface area contributed by atoms with Gasteiger partial charge in [-0.05, 0) is 114 Å². The first-order valence-electron chi connectivity index (χ1n) is 18.1. The lowest BCUT2D eigenvalue weighted by molar-refractivity contribution is 0.591.